The Morgan fingerprint density at radius 2 is 2.11 bits per heavy atom. The molecule has 0 atom stereocenters. The number of aromatic nitrogens is 4. The highest BCUT2D eigenvalue weighted by atomic mass is 16.5. The molecular weight excluding hydrogens is 356 g/mol. The van der Waals surface area contributed by atoms with Crippen molar-refractivity contribution in [2.45, 2.75) is 19.3 Å². The van der Waals surface area contributed by atoms with Crippen molar-refractivity contribution < 1.29 is 9.53 Å². The minimum absolute atomic E-state index is 0.0413. The van der Waals surface area contributed by atoms with Crippen molar-refractivity contribution in [1.29, 1.82) is 0 Å². The minimum atomic E-state index is -0.0413. The smallest absolute Gasteiger partial charge is 0.245 e. The molecule has 0 aliphatic carbocycles. The molecule has 28 heavy (non-hydrogen) atoms. The lowest BCUT2D eigenvalue weighted by molar-refractivity contribution is -0.115. The van der Waals surface area contributed by atoms with Crippen LogP contribution in [0.25, 0.3) is 22.3 Å². The summed E-state index contributed by atoms with van der Waals surface area (Å²) in [5.74, 6) is 1.88. The summed E-state index contributed by atoms with van der Waals surface area (Å²) in [4.78, 5) is 30.9. The number of rotatable bonds is 4. The van der Waals surface area contributed by atoms with Crippen molar-refractivity contribution in [2.75, 3.05) is 36.5 Å². The Kier molecular flexibility index (Phi) is 4.40. The van der Waals surface area contributed by atoms with Gasteiger partial charge in [-0.1, -0.05) is 6.07 Å². The highest BCUT2D eigenvalue weighted by Gasteiger charge is 2.26. The number of anilines is 2. The second kappa shape index (κ2) is 7.20. The SMILES string of the molecule is O=C1CN(CCC2CCOCC2)c2nc(-c3ccc4nc[nH]c4c3)cnc2N1. The van der Waals surface area contributed by atoms with E-state index < -0.39 is 0 Å². The molecule has 1 fully saturated rings. The zero-order chi connectivity index (χ0) is 18.9. The van der Waals surface area contributed by atoms with Crippen LogP contribution in [0.1, 0.15) is 19.3 Å². The monoisotopic (exact) mass is 378 g/mol. The molecule has 0 bridgehead atoms. The number of nitrogens with one attached hydrogen (secondary N) is 2. The molecule has 3 aromatic rings. The van der Waals surface area contributed by atoms with E-state index in [9.17, 15) is 4.79 Å². The van der Waals surface area contributed by atoms with Gasteiger partial charge in [-0.05, 0) is 37.3 Å². The molecule has 144 valence electrons. The Balaban J connectivity index is 1.42. The van der Waals surface area contributed by atoms with Crippen LogP contribution >= 0.6 is 0 Å². The number of benzene rings is 1. The molecule has 2 aliphatic heterocycles. The fourth-order valence-electron chi connectivity index (χ4n) is 3.90. The summed E-state index contributed by atoms with van der Waals surface area (Å²) >= 11 is 0. The highest BCUT2D eigenvalue weighted by molar-refractivity contribution is 5.99. The van der Waals surface area contributed by atoms with Crippen LogP contribution in [0.4, 0.5) is 11.6 Å². The van der Waals surface area contributed by atoms with Crippen molar-refractivity contribution in [1.82, 2.24) is 19.9 Å². The summed E-state index contributed by atoms with van der Waals surface area (Å²) in [6, 6.07) is 5.98. The molecule has 1 amide bonds. The lowest BCUT2D eigenvalue weighted by Gasteiger charge is -2.31. The molecule has 2 aromatic heterocycles. The van der Waals surface area contributed by atoms with Gasteiger partial charge in [-0.25, -0.2) is 15.0 Å². The van der Waals surface area contributed by atoms with Crippen molar-refractivity contribution in [3.63, 3.8) is 0 Å². The van der Waals surface area contributed by atoms with Gasteiger partial charge in [-0.2, -0.15) is 0 Å². The van der Waals surface area contributed by atoms with Crippen molar-refractivity contribution >= 4 is 28.6 Å². The maximum absolute atomic E-state index is 12.1. The number of carbonyl (C=O) groups excluding carboxylic acids is 1. The van der Waals surface area contributed by atoms with Crippen LogP contribution in [0.3, 0.4) is 0 Å². The standard InChI is InChI=1S/C20H22N6O2/c27-18-11-26(6-3-13-4-7-28-8-5-13)20-19(25-18)21-10-17(24-20)14-1-2-15-16(9-14)23-12-22-15/h1-2,9-10,12-13H,3-8,11H2,(H,22,23)(H,21,25,27). The van der Waals surface area contributed by atoms with Crippen LogP contribution in [0.5, 0.6) is 0 Å². The molecule has 0 spiro atoms. The van der Waals surface area contributed by atoms with Gasteiger partial charge in [0.05, 0.1) is 35.8 Å². The van der Waals surface area contributed by atoms with E-state index >= 15 is 0 Å². The Hall–Kier alpha value is -3.00. The lowest BCUT2D eigenvalue weighted by atomic mass is 9.96. The Morgan fingerprint density at radius 1 is 1.21 bits per heavy atom. The molecule has 0 unspecified atom stereocenters. The predicted molar refractivity (Wildman–Crippen MR) is 106 cm³/mol. The lowest BCUT2D eigenvalue weighted by Crippen LogP contribution is -2.40. The van der Waals surface area contributed by atoms with Gasteiger partial charge < -0.3 is 19.9 Å². The van der Waals surface area contributed by atoms with Gasteiger partial charge in [-0.3, -0.25) is 4.79 Å². The summed E-state index contributed by atoms with van der Waals surface area (Å²) in [6.07, 6.45) is 6.59. The summed E-state index contributed by atoms with van der Waals surface area (Å²) in [5.41, 5.74) is 3.62. The van der Waals surface area contributed by atoms with Crippen LogP contribution < -0.4 is 10.2 Å². The fraction of sp³-hybridized carbons (Fsp3) is 0.400. The first kappa shape index (κ1) is 17.1. The molecule has 0 radical (unpaired) electrons. The number of aromatic amines is 1. The van der Waals surface area contributed by atoms with Gasteiger partial charge in [0.2, 0.25) is 5.91 Å². The highest BCUT2D eigenvalue weighted by Crippen LogP contribution is 2.30. The van der Waals surface area contributed by atoms with Crippen LogP contribution in [-0.2, 0) is 9.53 Å². The molecule has 0 saturated carbocycles. The molecule has 8 heteroatoms. The van der Waals surface area contributed by atoms with Gasteiger partial charge in [0.15, 0.2) is 11.6 Å². The second-order valence-corrected chi connectivity index (χ2v) is 7.38. The van der Waals surface area contributed by atoms with Gasteiger partial charge in [0.1, 0.15) is 0 Å². The molecule has 2 aliphatic rings. The van der Waals surface area contributed by atoms with Gasteiger partial charge in [0.25, 0.3) is 0 Å². The number of hydrogen-bond donors (Lipinski definition) is 2. The molecule has 8 nitrogen and oxygen atoms in total. The average Bonchev–Trinajstić information content (AvgIpc) is 3.20. The number of nitrogens with zero attached hydrogens (tertiary/aromatic N) is 4. The Morgan fingerprint density at radius 3 is 3.00 bits per heavy atom. The van der Waals surface area contributed by atoms with E-state index in [1.807, 2.05) is 18.2 Å². The normalized spacial score (nSPS) is 17.6. The third kappa shape index (κ3) is 3.31. The van der Waals surface area contributed by atoms with E-state index in [-0.39, 0.29) is 5.91 Å². The third-order valence-corrected chi connectivity index (χ3v) is 5.51. The Labute approximate surface area is 162 Å². The number of ether oxygens (including phenoxy) is 1. The molecule has 4 heterocycles. The first-order valence-corrected chi connectivity index (χ1v) is 9.69. The quantitative estimate of drug-likeness (QED) is 0.724. The third-order valence-electron chi connectivity index (χ3n) is 5.51. The maximum atomic E-state index is 12.1. The first-order valence-electron chi connectivity index (χ1n) is 9.69. The number of fused-ring (bicyclic) bond motifs is 2. The van der Waals surface area contributed by atoms with Gasteiger partial charge in [-0.15, -0.1) is 0 Å². The number of H-pyrrole nitrogens is 1. The summed E-state index contributed by atoms with van der Waals surface area (Å²) in [7, 11) is 0. The van der Waals surface area contributed by atoms with E-state index in [1.165, 1.54) is 0 Å². The number of amides is 1. The van der Waals surface area contributed by atoms with E-state index in [4.69, 9.17) is 9.72 Å². The number of carbonyl (C=O) groups is 1. The zero-order valence-corrected chi connectivity index (χ0v) is 15.5. The number of imidazole rings is 1. The summed E-state index contributed by atoms with van der Waals surface area (Å²) in [5, 5.41) is 2.84. The number of hydrogen-bond acceptors (Lipinski definition) is 6. The topological polar surface area (TPSA) is 96.0 Å². The van der Waals surface area contributed by atoms with Crippen LogP contribution in [0.2, 0.25) is 0 Å². The van der Waals surface area contributed by atoms with Crippen molar-refractivity contribution in [2.24, 2.45) is 5.92 Å². The largest absolute Gasteiger partial charge is 0.381 e. The van der Waals surface area contributed by atoms with Crippen molar-refractivity contribution in [3.05, 3.63) is 30.7 Å². The molecule has 1 aromatic carbocycles. The second-order valence-electron chi connectivity index (χ2n) is 7.38. The predicted octanol–water partition coefficient (Wildman–Crippen LogP) is 2.60. The van der Waals surface area contributed by atoms with Crippen LogP contribution in [0, 0.1) is 5.92 Å². The summed E-state index contributed by atoms with van der Waals surface area (Å²) < 4.78 is 5.45. The van der Waals surface area contributed by atoms with Gasteiger partial charge in [0, 0.05) is 25.3 Å². The van der Waals surface area contributed by atoms with Crippen LogP contribution in [-0.4, -0.2) is 52.1 Å². The molecule has 2 N–H and O–H groups in total. The van der Waals surface area contributed by atoms with Gasteiger partial charge >= 0.3 is 0 Å². The van der Waals surface area contributed by atoms with E-state index in [1.54, 1.807) is 12.5 Å². The summed E-state index contributed by atoms with van der Waals surface area (Å²) in [6.45, 7) is 2.78. The molecule has 5 rings (SSSR count). The average molecular weight is 378 g/mol. The van der Waals surface area contributed by atoms with E-state index in [2.05, 4.69) is 25.2 Å². The van der Waals surface area contributed by atoms with Crippen LogP contribution in [0.15, 0.2) is 30.7 Å². The Bertz CT molecular complexity index is 1010. The van der Waals surface area contributed by atoms with Crippen molar-refractivity contribution in [3.8, 4) is 11.3 Å². The molecular formula is C20H22N6O2. The van der Waals surface area contributed by atoms with E-state index in [0.29, 0.717) is 18.3 Å². The van der Waals surface area contributed by atoms with E-state index in [0.717, 1.165) is 67.1 Å². The first-order chi connectivity index (χ1) is 13.8. The maximum Gasteiger partial charge on any atom is 0.245 e. The molecule has 1 saturated heterocycles. The zero-order valence-electron chi connectivity index (χ0n) is 15.5. The minimum Gasteiger partial charge on any atom is -0.381 e. The fourth-order valence-corrected chi connectivity index (χ4v) is 3.90.